The van der Waals surface area contributed by atoms with Crippen LogP contribution in [0.15, 0.2) is 0 Å². The number of amides is 2. The van der Waals surface area contributed by atoms with E-state index in [1.54, 1.807) is 6.92 Å². The number of alkyl halides is 3. The van der Waals surface area contributed by atoms with Crippen LogP contribution in [0.4, 0.5) is 18.0 Å². The summed E-state index contributed by atoms with van der Waals surface area (Å²) in [5, 5.41) is 11.5. The van der Waals surface area contributed by atoms with Crippen LogP contribution in [0.1, 0.15) is 32.6 Å². The average Bonchev–Trinajstić information content (AvgIpc) is 2.45. The summed E-state index contributed by atoms with van der Waals surface area (Å²) < 4.78 is 48.9. The first kappa shape index (κ1) is 19.2. The van der Waals surface area contributed by atoms with Gasteiger partial charge in [-0.05, 0) is 12.8 Å². The van der Waals surface area contributed by atoms with Gasteiger partial charge in [0.25, 0.3) is 0 Å². The van der Waals surface area contributed by atoms with Crippen molar-refractivity contribution in [2.45, 2.75) is 56.2 Å². The van der Waals surface area contributed by atoms with Gasteiger partial charge < -0.3 is 15.3 Å². The average molecular weight is 344 g/mol. The molecule has 1 rings (SSSR count). The van der Waals surface area contributed by atoms with Crippen molar-refractivity contribution in [3.63, 3.8) is 0 Å². The van der Waals surface area contributed by atoms with Crippen molar-refractivity contribution in [3.05, 3.63) is 0 Å². The molecule has 22 heavy (non-hydrogen) atoms. The van der Waals surface area contributed by atoms with Crippen LogP contribution in [-0.2, 0) is 10.8 Å². The standard InChI is InChI=1S/C13H23F3N2O3S/c1-3-22(21)10-7-5-4-6-9(10)17-12(20)18(2)8-11(19)13(14,15)16/h9-11,19H,3-8H2,1-2H3,(H,17,20)/t9-,10-,11-,22+/m1/s1. The Labute approximate surface area is 130 Å². The fourth-order valence-electron chi connectivity index (χ4n) is 2.51. The molecular weight excluding hydrogens is 321 g/mol. The molecule has 0 aromatic heterocycles. The number of nitrogens with one attached hydrogen (secondary N) is 1. The lowest BCUT2D eigenvalue weighted by molar-refractivity contribution is -0.205. The molecule has 0 aromatic rings. The Kier molecular flexibility index (Phi) is 7.11. The molecule has 0 spiro atoms. The molecular formula is C13H23F3N2O3S. The van der Waals surface area contributed by atoms with Crippen LogP contribution in [0.3, 0.4) is 0 Å². The number of nitrogens with zero attached hydrogens (tertiary/aromatic N) is 1. The van der Waals surface area contributed by atoms with E-state index in [1.165, 1.54) is 7.05 Å². The van der Waals surface area contributed by atoms with Crippen molar-refractivity contribution in [2.24, 2.45) is 0 Å². The van der Waals surface area contributed by atoms with E-state index in [1.807, 2.05) is 0 Å². The number of halogens is 3. The molecule has 4 atom stereocenters. The summed E-state index contributed by atoms with van der Waals surface area (Å²) in [7, 11) is 0.133. The quantitative estimate of drug-likeness (QED) is 0.796. The lowest BCUT2D eigenvalue weighted by Gasteiger charge is -2.33. The summed E-state index contributed by atoms with van der Waals surface area (Å²) in [4.78, 5) is 12.8. The lowest BCUT2D eigenvalue weighted by atomic mass is 9.95. The van der Waals surface area contributed by atoms with Gasteiger partial charge in [0.2, 0.25) is 0 Å². The second-order valence-corrected chi connectivity index (χ2v) is 7.43. The number of urea groups is 1. The zero-order valence-electron chi connectivity index (χ0n) is 12.7. The molecule has 1 aliphatic carbocycles. The monoisotopic (exact) mass is 344 g/mol. The van der Waals surface area contributed by atoms with E-state index in [4.69, 9.17) is 5.11 Å². The van der Waals surface area contributed by atoms with Gasteiger partial charge in [-0.25, -0.2) is 4.79 Å². The fraction of sp³-hybridized carbons (Fsp3) is 0.923. The highest BCUT2D eigenvalue weighted by Gasteiger charge is 2.40. The van der Waals surface area contributed by atoms with E-state index < -0.39 is 35.7 Å². The Bertz CT molecular complexity index is 406. The van der Waals surface area contributed by atoms with Gasteiger partial charge in [-0.3, -0.25) is 4.21 Å². The lowest BCUT2D eigenvalue weighted by Crippen LogP contribution is -2.52. The van der Waals surface area contributed by atoms with E-state index in [0.29, 0.717) is 12.2 Å². The summed E-state index contributed by atoms with van der Waals surface area (Å²) in [6.07, 6.45) is -4.11. The van der Waals surface area contributed by atoms with E-state index in [9.17, 15) is 22.2 Å². The molecule has 1 fully saturated rings. The number of rotatable bonds is 5. The minimum atomic E-state index is -4.76. The van der Waals surface area contributed by atoms with Crippen molar-refractivity contribution >= 4 is 16.8 Å². The maximum absolute atomic E-state index is 12.3. The Morgan fingerprint density at radius 1 is 1.41 bits per heavy atom. The summed E-state index contributed by atoms with van der Waals surface area (Å²) in [5.74, 6) is 0.486. The van der Waals surface area contributed by atoms with Crippen molar-refractivity contribution < 1.29 is 27.3 Å². The largest absolute Gasteiger partial charge is 0.416 e. The zero-order chi connectivity index (χ0) is 16.9. The topological polar surface area (TPSA) is 69.6 Å². The number of aliphatic hydroxyl groups is 1. The van der Waals surface area contributed by atoms with Crippen molar-refractivity contribution in [1.29, 1.82) is 0 Å². The van der Waals surface area contributed by atoms with Gasteiger partial charge in [0, 0.05) is 29.6 Å². The summed E-state index contributed by atoms with van der Waals surface area (Å²) in [6, 6.07) is -0.985. The Morgan fingerprint density at radius 3 is 2.55 bits per heavy atom. The first-order chi connectivity index (χ1) is 10.2. The van der Waals surface area contributed by atoms with E-state index in [-0.39, 0.29) is 11.3 Å². The van der Waals surface area contributed by atoms with Gasteiger partial charge >= 0.3 is 12.2 Å². The zero-order valence-corrected chi connectivity index (χ0v) is 13.5. The van der Waals surface area contributed by atoms with Crippen molar-refractivity contribution in [1.82, 2.24) is 10.2 Å². The van der Waals surface area contributed by atoms with E-state index in [0.717, 1.165) is 24.2 Å². The third kappa shape index (κ3) is 5.42. The molecule has 5 nitrogen and oxygen atoms in total. The van der Waals surface area contributed by atoms with Crippen molar-refractivity contribution in [3.8, 4) is 0 Å². The van der Waals surface area contributed by atoms with Crippen LogP contribution < -0.4 is 5.32 Å². The summed E-state index contributed by atoms with van der Waals surface area (Å²) in [6.45, 7) is 0.971. The summed E-state index contributed by atoms with van der Waals surface area (Å²) >= 11 is 0. The first-order valence-electron chi connectivity index (χ1n) is 7.30. The van der Waals surface area contributed by atoms with Crippen LogP contribution in [0.2, 0.25) is 0 Å². The highest BCUT2D eigenvalue weighted by molar-refractivity contribution is 7.85. The molecule has 1 aliphatic rings. The molecule has 0 radical (unpaired) electrons. The molecule has 0 aromatic carbocycles. The van der Waals surface area contributed by atoms with E-state index >= 15 is 0 Å². The molecule has 0 aliphatic heterocycles. The normalized spacial score (nSPS) is 25.4. The third-order valence-corrected chi connectivity index (χ3v) is 5.61. The molecule has 1 saturated carbocycles. The highest BCUT2D eigenvalue weighted by atomic mass is 32.2. The predicted molar refractivity (Wildman–Crippen MR) is 78.0 cm³/mol. The molecule has 2 amide bonds. The fourth-order valence-corrected chi connectivity index (χ4v) is 3.93. The van der Waals surface area contributed by atoms with Gasteiger partial charge in [0.15, 0.2) is 6.10 Å². The molecule has 0 bridgehead atoms. The first-order valence-corrected chi connectivity index (χ1v) is 8.68. The smallest absolute Gasteiger partial charge is 0.382 e. The second kappa shape index (κ2) is 8.14. The summed E-state index contributed by atoms with van der Waals surface area (Å²) in [5.41, 5.74) is 0. The Balaban J connectivity index is 2.60. The Morgan fingerprint density at radius 2 is 2.00 bits per heavy atom. The number of hydrogen-bond acceptors (Lipinski definition) is 3. The molecule has 0 saturated heterocycles. The highest BCUT2D eigenvalue weighted by Crippen LogP contribution is 2.24. The minimum Gasteiger partial charge on any atom is -0.382 e. The minimum absolute atomic E-state index is 0.163. The van der Waals surface area contributed by atoms with Gasteiger partial charge in [0.05, 0.1) is 11.8 Å². The van der Waals surface area contributed by atoms with Gasteiger partial charge in [-0.15, -0.1) is 0 Å². The van der Waals surface area contributed by atoms with Crippen LogP contribution in [-0.4, -0.2) is 63.2 Å². The molecule has 0 heterocycles. The van der Waals surface area contributed by atoms with Crippen LogP contribution >= 0.6 is 0 Å². The van der Waals surface area contributed by atoms with E-state index in [2.05, 4.69) is 5.32 Å². The molecule has 0 unspecified atom stereocenters. The molecule has 2 N–H and O–H groups in total. The molecule has 130 valence electrons. The number of carbonyl (C=O) groups is 1. The maximum atomic E-state index is 12.3. The number of carbonyl (C=O) groups excluding carboxylic acids is 1. The SMILES string of the molecule is CC[S@](=O)[C@@H]1CCCC[C@H]1NC(=O)N(C)C[C@@H](O)C(F)(F)F. The van der Waals surface area contributed by atoms with Gasteiger partial charge in [-0.2, -0.15) is 13.2 Å². The van der Waals surface area contributed by atoms with Gasteiger partial charge in [0.1, 0.15) is 0 Å². The third-order valence-electron chi connectivity index (χ3n) is 3.80. The number of hydrogen-bond donors (Lipinski definition) is 2. The number of aliphatic hydroxyl groups excluding tert-OH is 1. The molecule has 9 heteroatoms. The van der Waals surface area contributed by atoms with Gasteiger partial charge in [-0.1, -0.05) is 19.8 Å². The van der Waals surface area contributed by atoms with Crippen molar-refractivity contribution in [2.75, 3.05) is 19.3 Å². The Hall–Kier alpha value is -0.830. The van der Waals surface area contributed by atoms with Crippen LogP contribution in [0, 0.1) is 0 Å². The maximum Gasteiger partial charge on any atom is 0.416 e. The predicted octanol–water partition coefficient (Wildman–Crippen LogP) is 1.63. The van der Waals surface area contributed by atoms with Crippen LogP contribution in [0.25, 0.3) is 0 Å². The van der Waals surface area contributed by atoms with Crippen LogP contribution in [0.5, 0.6) is 0 Å². The second-order valence-electron chi connectivity index (χ2n) is 5.49. The number of likely N-dealkylation sites (N-methyl/N-ethyl adjacent to an activating group) is 1.